The largest absolute Gasteiger partial charge is 0.419 e. The Morgan fingerprint density at radius 3 is 2.52 bits per heavy atom. The molecule has 0 unspecified atom stereocenters. The van der Waals surface area contributed by atoms with Gasteiger partial charge in [0.2, 0.25) is 5.91 Å². The molecule has 6 nitrogen and oxygen atoms in total. The summed E-state index contributed by atoms with van der Waals surface area (Å²) in [6.45, 7) is 3.02. The molecule has 1 aromatic heterocycles. The standard InChI is InChI=1S/C24H27N3O3.H2S/c1-26-20-15-18(9-10-21(20)30-23(26)29)24(11-12-24)22(28)25-19(16-27-13-5-6-14-27)17-7-3-2-4-8-17;/h2-4,7-10,15,19H,5-6,11-14,16H2,1H3,(H,25,28);1H2/t19-;/m1./s1. The first-order valence-corrected chi connectivity index (χ1v) is 10.8. The van der Waals surface area contributed by atoms with Crippen LogP contribution in [0.4, 0.5) is 0 Å². The van der Waals surface area contributed by atoms with Crippen LogP contribution in [0.1, 0.15) is 42.9 Å². The first-order chi connectivity index (χ1) is 14.6. The molecule has 0 radical (unpaired) electrons. The van der Waals surface area contributed by atoms with Crippen molar-refractivity contribution >= 4 is 30.5 Å². The number of hydrogen-bond donors (Lipinski definition) is 1. The second-order valence-corrected chi connectivity index (χ2v) is 8.64. The average molecular weight is 440 g/mol. The summed E-state index contributed by atoms with van der Waals surface area (Å²) in [4.78, 5) is 27.8. The molecular weight excluding hydrogens is 410 g/mol. The zero-order valence-electron chi connectivity index (χ0n) is 17.8. The van der Waals surface area contributed by atoms with E-state index in [0.29, 0.717) is 5.58 Å². The number of benzene rings is 2. The second-order valence-electron chi connectivity index (χ2n) is 8.64. The lowest BCUT2D eigenvalue weighted by Crippen LogP contribution is -2.41. The Morgan fingerprint density at radius 2 is 1.84 bits per heavy atom. The maximum Gasteiger partial charge on any atom is 0.419 e. The van der Waals surface area contributed by atoms with Crippen molar-refractivity contribution in [1.29, 1.82) is 0 Å². The van der Waals surface area contributed by atoms with Gasteiger partial charge in [-0.15, -0.1) is 0 Å². The summed E-state index contributed by atoms with van der Waals surface area (Å²) in [6.07, 6.45) is 4.09. The van der Waals surface area contributed by atoms with E-state index in [4.69, 9.17) is 4.42 Å². The van der Waals surface area contributed by atoms with Gasteiger partial charge >= 0.3 is 5.76 Å². The highest BCUT2D eigenvalue weighted by atomic mass is 32.1. The van der Waals surface area contributed by atoms with E-state index >= 15 is 0 Å². The van der Waals surface area contributed by atoms with Gasteiger partial charge in [0, 0.05) is 13.6 Å². The summed E-state index contributed by atoms with van der Waals surface area (Å²) < 4.78 is 6.74. The van der Waals surface area contributed by atoms with Crippen LogP contribution in [0.2, 0.25) is 0 Å². The van der Waals surface area contributed by atoms with E-state index in [2.05, 4.69) is 22.3 Å². The Hall–Kier alpha value is -2.51. The molecule has 2 fully saturated rings. The zero-order chi connectivity index (χ0) is 20.7. The van der Waals surface area contributed by atoms with Gasteiger partial charge in [0.1, 0.15) is 0 Å². The lowest BCUT2D eigenvalue weighted by molar-refractivity contribution is -0.124. The normalized spacial score (nSPS) is 18.5. The number of carbonyl (C=O) groups excluding carboxylic acids is 1. The topological polar surface area (TPSA) is 67.5 Å². The number of fused-ring (bicyclic) bond motifs is 1. The number of rotatable bonds is 6. The summed E-state index contributed by atoms with van der Waals surface area (Å²) >= 11 is 0. The molecular formula is C24H29N3O3S. The smallest absolute Gasteiger partial charge is 0.408 e. The maximum atomic E-state index is 13.5. The third kappa shape index (κ3) is 4.04. The van der Waals surface area contributed by atoms with Gasteiger partial charge in [0.15, 0.2) is 5.58 Å². The molecule has 1 aliphatic heterocycles. The number of nitrogens with zero attached hydrogens (tertiary/aromatic N) is 2. The predicted molar refractivity (Wildman–Crippen MR) is 126 cm³/mol. The van der Waals surface area contributed by atoms with Crippen LogP contribution < -0.4 is 11.1 Å². The van der Waals surface area contributed by atoms with Gasteiger partial charge < -0.3 is 14.6 Å². The fourth-order valence-electron chi connectivity index (χ4n) is 4.64. The van der Waals surface area contributed by atoms with Gasteiger partial charge in [-0.1, -0.05) is 36.4 Å². The molecule has 0 spiro atoms. The highest BCUT2D eigenvalue weighted by Crippen LogP contribution is 2.49. The summed E-state index contributed by atoms with van der Waals surface area (Å²) in [5, 5.41) is 3.36. The first kappa shape index (κ1) is 21.7. The average Bonchev–Trinajstić information content (AvgIpc) is 3.33. The molecule has 1 aliphatic carbocycles. The molecule has 2 aliphatic rings. The van der Waals surface area contributed by atoms with E-state index in [1.807, 2.05) is 30.3 Å². The van der Waals surface area contributed by atoms with Crippen LogP contribution in [0.3, 0.4) is 0 Å². The number of aryl methyl sites for hydroxylation is 1. The first-order valence-electron chi connectivity index (χ1n) is 10.8. The van der Waals surface area contributed by atoms with Gasteiger partial charge in [-0.25, -0.2) is 4.79 Å². The summed E-state index contributed by atoms with van der Waals surface area (Å²) in [6, 6.07) is 15.9. The van der Waals surface area contributed by atoms with E-state index in [1.54, 1.807) is 13.1 Å². The van der Waals surface area contributed by atoms with Crippen molar-refractivity contribution in [3.63, 3.8) is 0 Å². The number of carbonyl (C=O) groups is 1. The van der Waals surface area contributed by atoms with E-state index in [9.17, 15) is 9.59 Å². The van der Waals surface area contributed by atoms with Gasteiger partial charge in [-0.3, -0.25) is 9.36 Å². The third-order valence-electron chi connectivity index (χ3n) is 6.68. The van der Waals surface area contributed by atoms with Crippen molar-refractivity contribution in [2.24, 2.45) is 7.05 Å². The number of amides is 1. The van der Waals surface area contributed by atoms with Gasteiger partial charge in [0.25, 0.3) is 0 Å². The lowest BCUT2D eigenvalue weighted by Gasteiger charge is -2.27. The molecule has 7 heteroatoms. The minimum absolute atomic E-state index is 0. The van der Waals surface area contributed by atoms with Gasteiger partial charge in [-0.05, 0) is 62.0 Å². The van der Waals surface area contributed by atoms with E-state index < -0.39 is 5.41 Å². The van der Waals surface area contributed by atoms with Crippen molar-refractivity contribution < 1.29 is 9.21 Å². The highest BCUT2D eigenvalue weighted by molar-refractivity contribution is 7.59. The van der Waals surface area contributed by atoms with Crippen molar-refractivity contribution in [3.05, 3.63) is 70.2 Å². The molecule has 1 saturated heterocycles. The highest BCUT2D eigenvalue weighted by Gasteiger charge is 2.52. The molecule has 1 amide bonds. The molecule has 1 saturated carbocycles. The lowest BCUT2D eigenvalue weighted by atomic mass is 9.93. The fourth-order valence-corrected chi connectivity index (χ4v) is 4.64. The number of oxazole rings is 1. The van der Waals surface area contributed by atoms with Crippen LogP contribution in [0.15, 0.2) is 57.7 Å². The molecule has 31 heavy (non-hydrogen) atoms. The number of aromatic nitrogens is 1. The number of nitrogens with one attached hydrogen (secondary N) is 1. The van der Waals surface area contributed by atoms with Crippen LogP contribution in [0.25, 0.3) is 11.1 Å². The second kappa shape index (κ2) is 8.55. The number of hydrogen-bond acceptors (Lipinski definition) is 4. The Kier molecular flexibility index (Phi) is 5.99. The fraction of sp³-hybridized carbons (Fsp3) is 0.417. The molecule has 164 valence electrons. The Labute approximate surface area is 188 Å². The summed E-state index contributed by atoms with van der Waals surface area (Å²) in [5.41, 5.74) is 2.87. The Morgan fingerprint density at radius 1 is 1.13 bits per heavy atom. The van der Waals surface area contributed by atoms with Crippen molar-refractivity contribution in [3.8, 4) is 0 Å². The van der Waals surface area contributed by atoms with Crippen molar-refractivity contribution in [1.82, 2.24) is 14.8 Å². The van der Waals surface area contributed by atoms with E-state index in [-0.39, 0.29) is 31.2 Å². The molecule has 1 atom stereocenters. The Bertz CT molecular complexity index is 1130. The van der Waals surface area contributed by atoms with Crippen molar-refractivity contribution in [2.75, 3.05) is 19.6 Å². The molecule has 5 rings (SSSR count). The molecule has 1 N–H and O–H groups in total. The zero-order valence-corrected chi connectivity index (χ0v) is 18.8. The third-order valence-corrected chi connectivity index (χ3v) is 6.68. The Balaban J connectivity index is 0.00000231. The van der Waals surface area contributed by atoms with Gasteiger partial charge in [-0.2, -0.15) is 13.5 Å². The number of likely N-dealkylation sites (tertiary alicyclic amines) is 1. The van der Waals surface area contributed by atoms with Crippen LogP contribution in [-0.4, -0.2) is 35.0 Å². The monoisotopic (exact) mass is 439 g/mol. The predicted octanol–water partition coefficient (Wildman–Crippen LogP) is 3.23. The van der Waals surface area contributed by atoms with E-state index in [1.165, 1.54) is 17.4 Å². The molecule has 2 heterocycles. The van der Waals surface area contributed by atoms with Gasteiger partial charge in [0.05, 0.1) is 17.0 Å². The molecule has 3 aromatic rings. The quantitative estimate of drug-likeness (QED) is 0.640. The molecule has 0 bridgehead atoms. The minimum atomic E-state index is -0.514. The van der Waals surface area contributed by atoms with Crippen LogP contribution in [0.5, 0.6) is 0 Å². The molecule has 2 aromatic carbocycles. The summed E-state index contributed by atoms with van der Waals surface area (Å²) in [5.74, 6) is -0.311. The van der Waals surface area contributed by atoms with Crippen LogP contribution in [0, 0.1) is 0 Å². The summed E-state index contributed by atoms with van der Waals surface area (Å²) in [7, 11) is 1.69. The van der Waals surface area contributed by atoms with Crippen LogP contribution >= 0.6 is 13.5 Å². The maximum absolute atomic E-state index is 13.5. The van der Waals surface area contributed by atoms with E-state index in [0.717, 1.165) is 49.1 Å². The minimum Gasteiger partial charge on any atom is -0.408 e. The van der Waals surface area contributed by atoms with Crippen molar-refractivity contribution in [2.45, 2.75) is 37.1 Å². The van der Waals surface area contributed by atoms with Crippen LogP contribution in [-0.2, 0) is 17.3 Å². The SMILES string of the molecule is Cn1c(=O)oc2ccc(C3(C(=O)N[C@H](CN4CCCC4)c4ccccc4)CC3)cc21.S.